The second-order valence-electron chi connectivity index (χ2n) is 4.48. The number of rotatable bonds is 4. The van der Waals surface area contributed by atoms with E-state index in [4.69, 9.17) is 4.43 Å². The molecular weight excluding hydrogens is 200 g/mol. The lowest BCUT2D eigenvalue weighted by Gasteiger charge is -2.28. The zero-order valence-corrected chi connectivity index (χ0v) is 11.1. The highest BCUT2D eigenvalue weighted by molar-refractivity contribution is 6.84. The lowest BCUT2D eigenvalue weighted by molar-refractivity contribution is 0.254. The van der Waals surface area contributed by atoms with Crippen LogP contribution in [0.5, 0.6) is 0 Å². The summed E-state index contributed by atoms with van der Waals surface area (Å²) in [6, 6.07) is 10.5. The van der Waals surface area contributed by atoms with Crippen LogP contribution in [0.2, 0.25) is 13.1 Å². The third-order valence-electron chi connectivity index (χ3n) is 2.63. The second kappa shape index (κ2) is 4.77. The number of hydrogen-bond acceptors (Lipinski definition) is 1. The molecule has 1 aromatic carbocycles. The molecule has 0 amide bonds. The maximum atomic E-state index is 6.12. The Balaban J connectivity index is 2.80. The second-order valence-corrected chi connectivity index (χ2v) is 8.32. The molecule has 0 radical (unpaired) electrons. The minimum absolute atomic E-state index is 0.145. The first kappa shape index (κ1) is 12.2. The molecule has 0 aromatic heterocycles. The highest BCUT2D eigenvalue weighted by Gasteiger charge is 2.27. The van der Waals surface area contributed by atoms with Gasteiger partial charge in [-0.05, 0) is 32.1 Å². The lowest BCUT2D eigenvalue weighted by atomic mass is 10.2. The van der Waals surface area contributed by atoms with E-state index in [1.165, 1.54) is 5.19 Å². The van der Waals surface area contributed by atoms with Gasteiger partial charge in [0.25, 0.3) is 0 Å². The largest absolute Gasteiger partial charge is 0.407 e. The summed E-state index contributed by atoms with van der Waals surface area (Å²) < 4.78 is 6.12. The van der Waals surface area contributed by atoms with Gasteiger partial charge in [-0.1, -0.05) is 42.5 Å². The molecule has 0 aliphatic heterocycles. The standard InChI is InChI=1S/C13H20OSi/c1-11(2)12(3)14-15(4,5)13-9-7-6-8-10-13/h6-10,12H,1H2,2-5H3. The predicted octanol–water partition coefficient (Wildman–Crippen LogP) is 3.08. The lowest BCUT2D eigenvalue weighted by Crippen LogP contribution is -2.46. The minimum Gasteiger partial charge on any atom is -0.407 e. The van der Waals surface area contributed by atoms with Crippen LogP contribution in [0.25, 0.3) is 0 Å². The van der Waals surface area contributed by atoms with E-state index >= 15 is 0 Å². The van der Waals surface area contributed by atoms with E-state index in [-0.39, 0.29) is 6.10 Å². The van der Waals surface area contributed by atoms with Crippen LogP contribution in [-0.4, -0.2) is 14.4 Å². The number of hydrogen-bond donors (Lipinski definition) is 0. The van der Waals surface area contributed by atoms with Gasteiger partial charge in [0.05, 0.1) is 6.10 Å². The Kier molecular flexibility index (Phi) is 3.88. The van der Waals surface area contributed by atoms with Gasteiger partial charge in [0.1, 0.15) is 0 Å². The van der Waals surface area contributed by atoms with Gasteiger partial charge in [0, 0.05) is 0 Å². The normalized spacial score (nSPS) is 13.6. The third-order valence-corrected chi connectivity index (χ3v) is 5.30. The van der Waals surface area contributed by atoms with Crippen LogP contribution in [0.3, 0.4) is 0 Å². The quantitative estimate of drug-likeness (QED) is 0.560. The molecule has 0 fully saturated rings. The fourth-order valence-corrected chi connectivity index (χ4v) is 3.67. The molecule has 0 saturated heterocycles. The average molecular weight is 220 g/mol. The Morgan fingerprint density at radius 3 is 2.27 bits per heavy atom. The molecule has 1 atom stereocenters. The van der Waals surface area contributed by atoms with Crippen LogP contribution in [0.15, 0.2) is 42.5 Å². The molecule has 0 spiro atoms. The smallest absolute Gasteiger partial charge is 0.218 e. The monoisotopic (exact) mass is 220 g/mol. The van der Waals surface area contributed by atoms with Gasteiger partial charge in [-0.25, -0.2) is 0 Å². The van der Waals surface area contributed by atoms with Gasteiger partial charge in [-0.2, -0.15) is 0 Å². The molecule has 0 bridgehead atoms. The topological polar surface area (TPSA) is 9.23 Å². The number of benzene rings is 1. The fourth-order valence-electron chi connectivity index (χ4n) is 1.45. The van der Waals surface area contributed by atoms with Crippen molar-refractivity contribution in [2.75, 3.05) is 0 Å². The van der Waals surface area contributed by atoms with Crippen molar-refractivity contribution >= 4 is 13.5 Å². The Hall–Kier alpha value is -0.863. The van der Waals surface area contributed by atoms with Crippen molar-refractivity contribution in [1.29, 1.82) is 0 Å². The van der Waals surface area contributed by atoms with Crippen molar-refractivity contribution < 1.29 is 4.43 Å². The van der Waals surface area contributed by atoms with Crippen molar-refractivity contribution in [3.8, 4) is 0 Å². The minimum atomic E-state index is -1.77. The summed E-state index contributed by atoms with van der Waals surface area (Å²) in [5, 5.41) is 1.33. The Labute approximate surface area is 93.9 Å². The van der Waals surface area contributed by atoms with Crippen molar-refractivity contribution in [2.45, 2.75) is 33.0 Å². The van der Waals surface area contributed by atoms with E-state index in [1.54, 1.807) is 0 Å². The first-order valence-corrected chi connectivity index (χ1v) is 8.23. The fraction of sp³-hybridized carbons (Fsp3) is 0.385. The summed E-state index contributed by atoms with van der Waals surface area (Å²) >= 11 is 0. The van der Waals surface area contributed by atoms with Crippen molar-refractivity contribution in [2.24, 2.45) is 0 Å². The molecule has 1 nitrogen and oxygen atoms in total. The summed E-state index contributed by atoms with van der Waals surface area (Å²) in [6.45, 7) is 12.5. The first-order chi connectivity index (χ1) is 6.93. The van der Waals surface area contributed by atoms with E-state index in [1.807, 2.05) is 13.0 Å². The molecular formula is C13H20OSi. The van der Waals surface area contributed by atoms with Gasteiger partial charge in [-0.15, -0.1) is 0 Å². The van der Waals surface area contributed by atoms with Gasteiger partial charge in [-0.3, -0.25) is 0 Å². The van der Waals surface area contributed by atoms with Gasteiger partial charge < -0.3 is 4.43 Å². The Bertz CT molecular complexity index is 330. The molecule has 82 valence electrons. The van der Waals surface area contributed by atoms with Gasteiger partial charge >= 0.3 is 0 Å². The predicted molar refractivity (Wildman–Crippen MR) is 68.9 cm³/mol. The SMILES string of the molecule is C=C(C)C(C)O[Si](C)(C)c1ccccc1. The summed E-state index contributed by atoms with van der Waals surface area (Å²) in [5.41, 5.74) is 1.09. The van der Waals surface area contributed by atoms with Crippen molar-refractivity contribution in [3.05, 3.63) is 42.5 Å². The highest BCUT2D eigenvalue weighted by atomic mass is 28.4. The average Bonchev–Trinajstić information content (AvgIpc) is 2.18. The summed E-state index contributed by atoms with van der Waals surface area (Å²) in [5.74, 6) is 0. The molecule has 1 aromatic rings. The van der Waals surface area contributed by atoms with Gasteiger partial charge in [0.15, 0.2) is 0 Å². The van der Waals surface area contributed by atoms with Crippen LogP contribution in [-0.2, 0) is 4.43 Å². The summed E-state index contributed by atoms with van der Waals surface area (Å²) in [6.07, 6.45) is 0.145. The molecule has 0 heterocycles. The molecule has 0 saturated carbocycles. The third kappa shape index (κ3) is 3.32. The Morgan fingerprint density at radius 1 is 1.27 bits per heavy atom. The van der Waals surface area contributed by atoms with Crippen LogP contribution in [0.4, 0.5) is 0 Å². The van der Waals surface area contributed by atoms with Crippen molar-refractivity contribution in [1.82, 2.24) is 0 Å². The van der Waals surface area contributed by atoms with E-state index in [0.29, 0.717) is 0 Å². The summed E-state index contributed by atoms with van der Waals surface area (Å²) in [4.78, 5) is 0. The first-order valence-electron chi connectivity index (χ1n) is 5.32. The zero-order valence-electron chi connectivity index (χ0n) is 10.1. The van der Waals surface area contributed by atoms with Gasteiger partial charge in [0.2, 0.25) is 8.32 Å². The van der Waals surface area contributed by atoms with E-state index in [9.17, 15) is 0 Å². The molecule has 1 unspecified atom stereocenters. The molecule has 0 N–H and O–H groups in total. The van der Waals surface area contributed by atoms with E-state index < -0.39 is 8.32 Å². The molecule has 0 aliphatic rings. The van der Waals surface area contributed by atoms with E-state index in [2.05, 4.69) is 50.9 Å². The Morgan fingerprint density at radius 2 is 1.80 bits per heavy atom. The molecule has 0 aliphatic carbocycles. The maximum absolute atomic E-state index is 6.12. The van der Waals surface area contributed by atoms with Crippen LogP contribution in [0, 0.1) is 0 Å². The van der Waals surface area contributed by atoms with E-state index in [0.717, 1.165) is 5.57 Å². The maximum Gasteiger partial charge on any atom is 0.218 e. The van der Waals surface area contributed by atoms with Crippen LogP contribution >= 0.6 is 0 Å². The molecule has 2 heteroatoms. The molecule has 1 rings (SSSR count). The van der Waals surface area contributed by atoms with Crippen LogP contribution in [0.1, 0.15) is 13.8 Å². The zero-order chi connectivity index (χ0) is 11.5. The van der Waals surface area contributed by atoms with Crippen LogP contribution < -0.4 is 5.19 Å². The molecule has 15 heavy (non-hydrogen) atoms. The highest BCUT2D eigenvalue weighted by Crippen LogP contribution is 2.12. The van der Waals surface area contributed by atoms with Crippen molar-refractivity contribution in [3.63, 3.8) is 0 Å². The summed E-state index contributed by atoms with van der Waals surface area (Å²) in [7, 11) is -1.77.